The molecule has 0 aromatic carbocycles. The lowest BCUT2D eigenvalue weighted by atomic mass is 10.2. The first-order chi connectivity index (χ1) is 5.29. The molecule has 1 heteroatoms. The van der Waals surface area contributed by atoms with Crippen molar-refractivity contribution in [3.05, 3.63) is 11.8 Å². The van der Waals surface area contributed by atoms with Crippen LogP contribution in [-0.4, -0.2) is 18.5 Å². The molecule has 0 spiro atoms. The van der Waals surface area contributed by atoms with Gasteiger partial charge in [0.25, 0.3) is 0 Å². The van der Waals surface area contributed by atoms with Gasteiger partial charge in [0.15, 0.2) is 0 Å². The van der Waals surface area contributed by atoms with Crippen molar-refractivity contribution in [1.29, 1.82) is 0 Å². The van der Waals surface area contributed by atoms with Crippen molar-refractivity contribution < 1.29 is 0 Å². The van der Waals surface area contributed by atoms with E-state index in [2.05, 4.69) is 25.1 Å². The van der Waals surface area contributed by atoms with Gasteiger partial charge in [-0.05, 0) is 32.4 Å². The molecule has 0 fully saturated rings. The minimum absolute atomic E-state index is 0. The van der Waals surface area contributed by atoms with E-state index in [1.807, 2.05) is 13.8 Å². The highest BCUT2D eigenvalue weighted by Crippen LogP contribution is 2.11. The number of hydrogen-bond acceptors (Lipinski definition) is 1. The minimum atomic E-state index is 0. The van der Waals surface area contributed by atoms with E-state index in [9.17, 15) is 0 Å². The van der Waals surface area contributed by atoms with E-state index in [4.69, 9.17) is 0 Å². The number of allylic oxidation sites excluding steroid dienone is 1. The van der Waals surface area contributed by atoms with Crippen molar-refractivity contribution in [2.45, 2.75) is 47.5 Å². The van der Waals surface area contributed by atoms with Gasteiger partial charge in [0.2, 0.25) is 0 Å². The van der Waals surface area contributed by atoms with Crippen LogP contribution in [0.15, 0.2) is 11.8 Å². The summed E-state index contributed by atoms with van der Waals surface area (Å²) in [5.41, 5.74) is 1.52. The Morgan fingerprint density at radius 1 is 1.25 bits per heavy atom. The van der Waals surface area contributed by atoms with E-state index in [0.29, 0.717) is 0 Å². The summed E-state index contributed by atoms with van der Waals surface area (Å²) >= 11 is 0. The van der Waals surface area contributed by atoms with Crippen molar-refractivity contribution >= 4 is 0 Å². The highest BCUT2D eigenvalue weighted by molar-refractivity contribution is 4.98. The van der Waals surface area contributed by atoms with Crippen LogP contribution >= 0.6 is 0 Å². The fourth-order valence-corrected chi connectivity index (χ4v) is 1.27. The average Bonchev–Trinajstić information content (AvgIpc) is 2.18. The SMILES string of the molecule is C.CC.CC1=CN(C)CCCC1. The maximum absolute atomic E-state index is 2.28. The van der Waals surface area contributed by atoms with Gasteiger partial charge in [-0.3, -0.25) is 0 Å². The molecule has 1 aliphatic heterocycles. The van der Waals surface area contributed by atoms with Crippen molar-refractivity contribution in [3.8, 4) is 0 Å². The van der Waals surface area contributed by atoms with Gasteiger partial charge >= 0.3 is 0 Å². The molecule has 0 amide bonds. The minimum Gasteiger partial charge on any atom is -0.380 e. The second-order valence-corrected chi connectivity index (χ2v) is 2.91. The van der Waals surface area contributed by atoms with E-state index in [0.717, 1.165) is 0 Å². The van der Waals surface area contributed by atoms with Crippen molar-refractivity contribution in [1.82, 2.24) is 4.90 Å². The van der Waals surface area contributed by atoms with Crippen LogP contribution in [0.25, 0.3) is 0 Å². The first kappa shape index (κ1) is 14.1. The predicted octanol–water partition coefficient (Wildman–Crippen LogP) is 3.67. The number of nitrogens with zero attached hydrogens (tertiary/aromatic N) is 1. The van der Waals surface area contributed by atoms with E-state index in [1.54, 1.807) is 0 Å². The maximum atomic E-state index is 2.28. The summed E-state index contributed by atoms with van der Waals surface area (Å²) in [6, 6.07) is 0. The largest absolute Gasteiger partial charge is 0.380 e. The molecule has 1 aliphatic rings. The van der Waals surface area contributed by atoms with Crippen molar-refractivity contribution in [2.75, 3.05) is 13.6 Å². The molecule has 0 atom stereocenters. The summed E-state index contributed by atoms with van der Waals surface area (Å²) < 4.78 is 0. The third kappa shape index (κ3) is 6.26. The summed E-state index contributed by atoms with van der Waals surface area (Å²) in [5, 5.41) is 0. The molecule has 1 heterocycles. The molecule has 1 nitrogen and oxygen atoms in total. The Balaban J connectivity index is 0. The fraction of sp³-hybridized carbons (Fsp3) is 0.818. The van der Waals surface area contributed by atoms with E-state index >= 15 is 0 Å². The summed E-state index contributed by atoms with van der Waals surface area (Å²) in [5.74, 6) is 0. The summed E-state index contributed by atoms with van der Waals surface area (Å²) in [4.78, 5) is 2.28. The topological polar surface area (TPSA) is 3.24 Å². The van der Waals surface area contributed by atoms with Crippen molar-refractivity contribution in [3.63, 3.8) is 0 Å². The quantitative estimate of drug-likeness (QED) is 0.537. The zero-order chi connectivity index (χ0) is 8.69. The zero-order valence-electron chi connectivity index (χ0n) is 8.35. The van der Waals surface area contributed by atoms with E-state index < -0.39 is 0 Å². The number of rotatable bonds is 0. The average molecular weight is 171 g/mol. The molecule has 0 bridgehead atoms. The Labute approximate surface area is 78.5 Å². The maximum Gasteiger partial charge on any atom is 0.0169 e. The smallest absolute Gasteiger partial charge is 0.0169 e. The van der Waals surface area contributed by atoms with Gasteiger partial charge in [0, 0.05) is 13.6 Å². The third-order valence-corrected chi connectivity index (χ3v) is 1.77. The third-order valence-electron chi connectivity index (χ3n) is 1.77. The number of hydrogen-bond donors (Lipinski definition) is 0. The molecule has 0 aromatic rings. The van der Waals surface area contributed by atoms with Crippen LogP contribution in [0.4, 0.5) is 0 Å². The second kappa shape index (κ2) is 8.63. The summed E-state index contributed by atoms with van der Waals surface area (Å²) in [6.45, 7) is 7.44. The molecule has 0 radical (unpaired) electrons. The van der Waals surface area contributed by atoms with Crippen LogP contribution in [0.2, 0.25) is 0 Å². The van der Waals surface area contributed by atoms with Gasteiger partial charge in [-0.1, -0.05) is 26.8 Å². The highest BCUT2D eigenvalue weighted by atomic mass is 15.1. The van der Waals surface area contributed by atoms with Crippen LogP contribution in [0, 0.1) is 0 Å². The Morgan fingerprint density at radius 3 is 2.42 bits per heavy atom. The predicted molar refractivity (Wildman–Crippen MR) is 58.3 cm³/mol. The Bertz CT molecular complexity index is 116. The standard InChI is InChI=1S/C8H15N.C2H6.CH4/c1-8-5-3-4-6-9(2)7-8;1-2;/h7H,3-6H2,1-2H3;1-2H3;1H4. The van der Waals surface area contributed by atoms with E-state index in [-0.39, 0.29) is 7.43 Å². The van der Waals surface area contributed by atoms with Gasteiger partial charge in [-0.15, -0.1) is 0 Å². The molecule has 0 saturated heterocycles. The lowest BCUT2D eigenvalue weighted by Crippen LogP contribution is -2.10. The zero-order valence-corrected chi connectivity index (χ0v) is 8.35. The summed E-state index contributed by atoms with van der Waals surface area (Å²) in [6.07, 6.45) is 6.27. The van der Waals surface area contributed by atoms with Crippen LogP contribution in [0.1, 0.15) is 47.5 Å². The van der Waals surface area contributed by atoms with Gasteiger partial charge in [0.1, 0.15) is 0 Å². The van der Waals surface area contributed by atoms with Gasteiger partial charge in [-0.2, -0.15) is 0 Å². The lowest BCUT2D eigenvalue weighted by molar-refractivity contribution is 0.449. The second-order valence-electron chi connectivity index (χ2n) is 2.91. The van der Waals surface area contributed by atoms with Crippen LogP contribution in [0.3, 0.4) is 0 Å². The first-order valence-corrected chi connectivity index (χ1v) is 4.66. The lowest BCUT2D eigenvalue weighted by Gasteiger charge is -2.10. The summed E-state index contributed by atoms with van der Waals surface area (Å²) in [7, 11) is 2.15. The van der Waals surface area contributed by atoms with Gasteiger partial charge in [-0.25, -0.2) is 0 Å². The molecule has 12 heavy (non-hydrogen) atoms. The van der Waals surface area contributed by atoms with Gasteiger partial charge < -0.3 is 4.90 Å². The van der Waals surface area contributed by atoms with Crippen molar-refractivity contribution in [2.24, 2.45) is 0 Å². The molecule has 0 aliphatic carbocycles. The van der Waals surface area contributed by atoms with Gasteiger partial charge in [0.05, 0.1) is 0 Å². The van der Waals surface area contributed by atoms with Crippen LogP contribution < -0.4 is 0 Å². The highest BCUT2D eigenvalue weighted by Gasteiger charge is 1.99. The fourth-order valence-electron chi connectivity index (χ4n) is 1.27. The Morgan fingerprint density at radius 2 is 1.83 bits per heavy atom. The normalized spacial score (nSPS) is 16.3. The molecule has 0 unspecified atom stereocenters. The molecule has 0 saturated carbocycles. The Hall–Kier alpha value is -0.460. The molecular formula is C11H25N. The van der Waals surface area contributed by atoms with E-state index in [1.165, 1.54) is 31.4 Å². The monoisotopic (exact) mass is 171 g/mol. The molecular weight excluding hydrogens is 146 g/mol. The molecule has 1 rings (SSSR count). The molecule has 0 N–H and O–H groups in total. The van der Waals surface area contributed by atoms with Crippen LogP contribution in [-0.2, 0) is 0 Å². The molecule has 74 valence electrons. The Kier molecular flexibility index (Phi) is 10.1. The first-order valence-electron chi connectivity index (χ1n) is 4.66. The van der Waals surface area contributed by atoms with Crippen LogP contribution in [0.5, 0.6) is 0 Å². The molecule has 0 aromatic heterocycles.